The first-order chi connectivity index (χ1) is 11.0. The number of carboxylic acids is 1. The Morgan fingerprint density at radius 2 is 1.78 bits per heavy atom. The molecule has 2 aromatic rings. The van der Waals surface area contributed by atoms with Crippen LogP contribution in [0, 0.1) is 0 Å². The van der Waals surface area contributed by atoms with Gasteiger partial charge < -0.3 is 10.4 Å². The van der Waals surface area contributed by atoms with E-state index >= 15 is 0 Å². The van der Waals surface area contributed by atoms with E-state index in [0.717, 1.165) is 19.3 Å². The molecule has 23 heavy (non-hydrogen) atoms. The van der Waals surface area contributed by atoms with Crippen LogP contribution in [0.3, 0.4) is 0 Å². The summed E-state index contributed by atoms with van der Waals surface area (Å²) < 4.78 is 0. The van der Waals surface area contributed by atoms with Crippen LogP contribution < -0.4 is 5.32 Å². The Balaban J connectivity index is 2.14. The molecular formula is C18H18ClNO3. The van der Waals surface area contributed by atoms with Crippen molar-refractivity contribution < 1.29 is 14.7 Å². The number of nitrogens with one attached hydrogen (secondary N) is 1. The maximum absolute atomic E-state index is 12.3. The first kappa shape index (κ1) is 17.0. The zero-order valence-corrected chi connectivity index (χ0v) is 13.6. The summed E-state index contributed by atoms with van der Waals surface area (Å²) in [6, 6.07) is 11.7. The summed E-state index contributed by atoms with van der Waals surface area (Å²) in [6.07, 6.45) is 3.26. The first-order valence-corrected chi connectivity index (χ1v) is 7.82. The van der Waals surface area contributed by atoms with Crippen molar-refractivity contribution in [3.8, 4) is 0 Å². The molecule has 0 spiro atoms. The van der Waals surface area contributed by atoms with Gasteiger partial charge >= 0.3 is 5.97 Å². The van der Waals surface area contributed by atoms with E-state index in [-0.39, 0.29) is 16.1 Å². The molecule has 2 aromatic carbocycles. The van der Waals surface area contributed by atoms with Gasteiger partial charge in [-0.2, -0.15) is 0 Å². The molecule has 0 fully saturated rings. The van der Waals surface area contributed by atoms with Gasteiger partial charge in [-0.1, -0.05) is 37.1 Å². The van der Waals surface area contributed by atoms with Gasteiger partial charge in [-0.3, -0.25) is 4.79 Å². The predicted molar refractivity (Wildman–Crippen MR) is 91.4 cm³/mol. The van der Waals surface area contributed by atoms with Crippen molar-refractivity contribution in [3.05, 3.63) is 64.2 Å². The molecule has 1 amide bonds. The van der Waals surface area contributed by atoms with Gasteiger partial charge in [0.1, 0.15) is 0 Å². The van der Waals surface area contributed by atoms with Crippen LogP contribution >= 0.6 is 11.6 Å². The second-order valence-corrected chi connectivity index (χ2v) is 5.69. The van der Waals surface area contributed by atoms with Crippen LogP contribution in [0.5, 0.6) is 0 Å². The number of benzene rings is 2. The van der Waals surface area contributed by atoms with Crippen LogP contribution in [0.25, 0.3) is 0 Å². The number of carbonyl (C=O) groups is 2. The fourth-order valence-corrected chi connectivity index (χ4v) is 2.40. The lowest BCUT2D eigenvalue weighted by Crippen LogP contribution is -2.16. The summed E-state index contributed by atoms with van der Waals surface area (Å²) in [5, 5.41) is 12.2. The fourth-order valence-electron chi connectivity index (χ4n) is 2.23. The van der Waals surface area contributed by atoms with Crippen LogP contribution in [0.2, 0.25) is 5.02 Å². The number of anilines is 1. The smallest absolute Gasteiger partial charge is 0.336 e. The summed E-state index contributed by atoms with van der Waals surface area (Å²) in [7, 11) is 0. The van der Waals surface area contributed by atoms with E-state index in [4.69, 9.17) is 11.6 Å². The summed E-state index contributed by atoms with van der Waals surface area (Å²) in [6.45, 7) is 2.14. The molecule has 5 heteroatoms. The summed E-state index contributed by atoms with van der Waals surface area (Å²) in [4.78, 5) is 23.5. The monoisotopic (exact) mass is 331 g/mol. The van der Waals surface area contributed by atoms with E-state index in [9.17, 15) is 14.7 Å². The number of unbranched alkanes of at least 4 members (excludes halogenated alkanes) is 1. The zero-order chi connectivity index (χ0) is 16.8. The standard InChI is InChI=1S/C18H18ClNO3/c1-2-3-4-12-5-8-14(9-6-12)20-17(21)15-10-7-13(19)11-16(15)18(22)23/h5-11H,2-4H2,1H3,(H,20,21)(H,22,23). The van der Waals surface area contributed by atoms with Gasteiger partial charge in [0, 0.05) is 10.7 Å². The Morgan fingerprint density at radius 1 is 1.09 bits per heavy atom. The van der Waals surface area contributed by atoms with Crippen molar-refractivity contribution in [2.45, 2.75) is 26.2 Å². The largest absolute Gasteiger partial charge is 0.478 e. The van der Waals surface area contributed by atoms with Crippen LogP contribution in [0.1, 0.15) is 46.0 Å². The lowest BCUT2D eigenvalue weighted by atomic mass is 10.1. The van der Waals surface area contributed by atoms with E-state index in [0.29, 0.717) is 5.69 Å². The van der Waals surface area contributed by atoms with E-state index in [2.05, 4.69) is 12.2 Å². The topological polar surface area (TPSA) is 66.4 Å². The van der Waals surface area contributed by atoms with E-state index in [1.54, 1.807) is 0 Å². The van der Waals surface area contributed by atoms with Crippen molar-refractivity contribution >= 4 is 29.2 Å². The van der Waals surface area contributed by atoms with E-state index in [1.807, 2.05) is 24.3 Å². The molecular weight excluding hydrogens is 314 g/mol. The van der Waals surface area contributed by atoms with E-state index < -0.39 is 11.9 Å². The summed E-state index contributed by atoms with van der Waals surface area (Å²) in [5.41, 5.74) is 1.80. The summed E-state index contributed by atoms with van der Waals surface area (Å²) >= 11 is 5.79. The highest BCUT2D eigenvalue weighted by molar-refractivity contribution is 6.31. The van der Waals surface area contributed by atoms with Crippen LogP contribution in [-0.4, -0.2) is 17.0 Å². The maximum Gasteiger partial charge on any atom is 0.336 e. The second kappa shape index (κ2) is 7.79. The molecule has 2 rings (SSSR count). The van der Waals surface area contributed by atoms with Gasteiger partial charge in [0.05, 0.1) is 11.1 Å². The van der Waals surface area contributed by atoms with E-state index in [1.165, 1.54) is 23.8 Å². The number of amides is 1. The lowest BCUT2D eigenvalue weighted by molar-refractivity contribution is 0.0692. The average Bonchev–Trinajstić information content (AvgIpc) is 2.54. The number of rotatable bonds is 6. The Hall–Kier alpha value is -2.33. The van der Waals surface area contributed by atoms with Crippen LogP contribution in [-0.2, 0) is 6.42 Å². The highest BCUT2D eigenvalue weighted by Crippen LogP contribution is 2.19. The van der Waals surface area contributed by atoms with Crippen LogP contribution in [0.4, 0.5) is 5.69 Å². The highest BCUT2D eigenvalue weighted by Gasteiger charge is 2.17. The highest BCUT2D eigenvalue weighted by atomic mass is 35.5. The molecule has 0 saturated heterocycles. The van der Waals surface area contributed by atoms with Crippen molar-refractivity contribution in [1.82, 2.24) is 0 Å². The number of aryl methyl sites for hydroxylation is 1. The molecule has 0 heterocycles. The lowest BCUT2D eigenvalue weighted by Gasteiger charge is -2.09. The van der Waals surface area contributed by atoms with Gasteiger partial charge in [0.25, 0.3) is 5.91 Å². The van der Waals surface area contributed by atoms with Crippen molar-refractivity contribution in [1.29, 1.82) is 0 Å². The molecule has 0 aliphatic heterocycles. The second-order valence-electron chi connectivity index (χ2n) is 5.25. The Morgan fingerprint density at radius 3 is 2.39 bits per heavy atom. The third-order valence-corrected chi connectivity index (χ3v) is 3.72. The maximum atomic E-state index is 12.3. The number of carbonyl (C=O) groups excluding carboxylic acids is 1. The molecule has 0 radical (unpaired) electrons. The third kappa shape index (κ3) is 4.57. The Kier molecular flexibility index (Phi) is 5.77. The van der Waals surface area contributed by atoms with Crippen LogP contribution in [0.15, 0.2) is 42.5 Å². The number of hydrogen-bond acceptors (Lipinski definition) is 2. The number of aromatic carboxylic acids is 1. The average molecular weight is 332 g/mol. The minimum atomic E-state index is -1.19. The van der Waals surface area contributed by atoms with Gasteiger partial charge in [0.15, 0.2) is 0 Å². The molecule has 0 atom stereocenters. The van der Waals surface area contributed by atoms with Gasteiger partial charge in [-0.15, -0.1) is 0 Å². The third-order valence-electron chi connectivity index (χ3n) is 3.49. The first-order valence-electron chi connectivity index (χ1n) is 7.44. The molecule has 120 valence electrons. The molecule has 2 N–H and O–H groups in total. The molecule has 4 nitrogen and oxygen atoms in total. The van der Waals surface area contributed by atoms with Crippen molar-refractivity contribution in [2.24, 2.45) is 0 Å². The molecule has 0 saturated carbocycles. The normalized spacial score (nSPS) is 10.3. The van der Waals surface area contributed by atoms with Gasteiger partial charge in [-0.05, 0) is 48.7 Å². The summed E-state index contributed by atoms with van der Waals surface area (Å²) in [5.74, 6) is -1.66. The predicted octanol–water partition coefficient (Wildman–Crippen LogP) is 4.63. The minimum absolute atomic E-state index is 0.0805. The number of carboxylic acid groups (broad SMARTS) is 1. The SMILES string of the molecule is CCCCc1ccc(NC(=O)c2ccc(Cl)cc2C(=O)O)cc1. The molecule has 0 aromatic heterocycles. The molecule has 0 unspecified atom stereocenters. The Labute approximate surface area is 140 Å². The number of halogens is 1. The van der Waals surface area contributed by atoms with Gasteiger partial charge in [0.2, 0.25) is 0 Å². The zero-order valence-electron chi connectivity index (χ0n) is 12.8. The van der Waals surface area contributed by atoms with Crippen molar-refractivity contribution in [2.75, 3.05) is 5.32 Å². The molecule has 0 bridgehead atoms. The molecule has 0 aliphatic rings. The minimum Gasteiger partial charge on any atom is -0.478 e. The fraction of sp³-hybridized carbons (Fsp3) is 0.222. The Bertz CT molecular complexity index is 711. The number of hydrogen-bond donors (Lipinski definition) is 2. The van der Waals surface area contributed by atoms with Gasteiger partial charge in [-0.25, -0.2) is 4.79 Å². The molecule has 0 aliphatic carbocycles. The quantitative estimate of drug-likeness (QED) is 0.810. The van der Waals surface area contributed by atoms with Crippen molar-refractivity contribution in [3.63, 3.8) is 0 Å².